The first-order valence-electron chi connectivity index (χ1n) is 7.06. The van der Waals surface area contributed by atoms with Crippen LogP contribution in [0.15, 0.2) is 0 Å². The average Bonchev–Trinajstić information content (AvgIpc) is 2.27. The Morgan fingerprint density at radius 3 is 2.26 bits per heavy atom. The molecule has 19 heavy (non-hydrogen) atoms. The molecular weight excluding hydrogens is 260 g/mol. The van der Waals surface area contributed by atoms with Crippen LogP contribution < -0.4 is 10.6 Å². The van der Waals surface area contributed by atoms with Crippen LogP contribution in [-0.4, -0.2) is 28.0 Å². The van der Waals surface area contributed by atoms with Crippen LogP contribution in [0.1, 0.15) is 59.8 Å². The number of thioether (sulfide) groups is 1. The summed E-state index contributed by atoms with van der Waals surface area (Å²) in [5.41, 5.74) is -0.329. The molecule has 110 valence electrons. The summed E-state index contributed by atoms with van der Waals surface area (Å²) in [6.45, 7) is 7.53. The fraction of sp³-hybridized carbons (Fsp3) is 0.857. The molecule has 0 bridgehead atoms. The van der Waals surface area contributed by atoms with E-state index >= 15 is 0 Å². The lowest BCUT2D eigenvalue weighted by molar-refractivity contribution is -0.119. The molecule has 1 aliphatic carbocycles. The summed E-state index contributed by atoms with van der Waals surface area (Å²) < 4.78 is 0. The maximum Gasteiger partial charge on any atom is 0.321 e. The summed E-state index contributed by atoms with van der Waals surface area (Å²) in [6, 6.07) is -0.409. The topological polar surface area (TPSA) is 58.2 Å². The third-order valence-electron chi connectivity index (χ3n) is 3.04. The first-order chi connectivity index (χ1) is 8.78. The second-order valence-electron chi connectivity index (χ2n) is 6.23. The number of amides is 3. The van der Waals surface area contributed by atoms with Gasteiger partial charge < -0.3 is 5.32 Å². The Balaban J connectivity index is 2.33. The highest BCUT2D eigenvalue weighted by Gasteiger charge is 2.23. The molecule has 1 aliphatic rings. The minimum atomic E-state index is -0.409. The molecule has 2 N–H and O–H groups in total. The van der Waals surface area contributed by atoms with E-state index in [1.807, 2.05) is 27.7 Å². The van der Waals surface area contributed by atoms with Crippen LogP contribution in [0.3, 0.4) is 0 Å². The van der Waals surface area contributed by atoms with Crippen LogP contribution >= 0.6 is 11.8 Å². The number of imide groups is 1. The fourth-order valence-corrected chi connectivity index (χ4v) is 3.50. The number of nitrogens with one attached hydrogen (secondary N) is 2. The van der Waals surface area contributed by atoms with Crippen molar-refractivity contribution < 1.29 is 9.59 Å². The van der Waals surface area contributed by atoms with Gasteiger partial charge in [0.2, 0.25) is 5.91 Å². The Hall–Kier alpha value is -0.710. The van der Waals surface area contributed by atoms with Crippen molar-refractivity contribution in [3.05, 3.63) is 0 Å². The van der Waals surface area contributed by atoms with Crippen molar-refractivity contribution in [3.8, 4) is 0 Å². The minimum Gasteiger partial charge on any atom is -0.333 e. The largest absolute Gasteiger partial charge is 0.333 e. The lowest BCUT2D eigenvalue weighted by atomic mass is 10.0. The quantitative estimate of drug-likeness (QED) is 0.838. The SMILES string of the molecule is CC(SC1CCCCC1)C(=O)NC(=O)NC(C)(C)C. The Labute approximate surface area is 120 Å². The van der Waals surface area contributed by atoms with Gasteiger partial charge in [0.05, 0.1) is 5.25 Å². The summed E-state index contributed by atoms with van der Waals surface area (Å²) in [5.74, 6) is -0.197. The molecule has 1 rings (SSSR count). The molecule has 4 nitrogen and oxygen atoms in total. The van der Waals surface area contributed by atoms with Crippen LogP contribution in [0, 0.1) is 0 Å². The highest BCUT2D eigenvalue weighted by atomic mass is 32.2. The Morgan fingerprint density at radius 1 is 1.16 bits per heavy atom. The standard InChI is InChI=1S/C14H26N2O2S/c1-10(19-11-8-6-5-7-9-11)12(17)15-13(18)16-14(2,3)4/h10-11H,5-9H2,1-4H3,(H2,15,16,17,18). The molecule has 0 radical (unpaired) electrons. The Morgan fingerprint density at radius 2 is 1.74 bits per heavy atom. The number of hydrogen-bond donors (Lipinski definition) is 2. The van der Waals surface area contributed by atoms with Gasteiger partial charge in [-0.15, -0.1) is 11.8 Å². The van der Waals surface area contributed by atoms with Gasteiger partial charge in [-0.05, 0) is 40.5 Å². The number of urea groups is 1. The van der Waals surface area contributed by atoms with E-state index in [1.165, 1.54) is 32.1 Å². The lowest BCUT2D eigenvalue weighted by Gasteiger charge is -2.24. The predicted molar refractivity (Wildman–Crippen MR) is 80.4 cm³/mol. The summed E-state index contributed by atoms with van der Waals surface area (Å²) >= 11 is 1.70. The number of carbonyl (C=O) groups excluding carboxylic acids is 2. The van der Waals surface area contributed by atoms with Gasteiger partial charge in [-0.3, -0.25) is 10.1 Å². The van der Waals surface area contributed by atoms with Crippen LogP contribution in [0.25, 0.3) is 0 Å². The zero-order valence-electron chi connectivity index (χ0n) is 12.4. The normalized spacial score (nSPS) is 18.7. The van der Waals surface area contributed by atoms with E-state index in [4.69, 9.17) is 0 Å². The third-order valence-corrected chi connectivity index (χ3v) is 4.52. The molecule has 0 spiro atoms. The smallest absolute Gasteiger partial charge is 0.321 e. The second-order valence-corrected chi connectivity index (χ2v) is 7.88. The monoisotopic (exact) mass is 286 g/mol. The molecule has 5 heteroatoms. The van der Waals surface area contributed by atoms with Gasteiger partial charge in [-0.1, -0.05) is 19.3 Å². The summed E-state index contributed by atoms with van der Waals surface area (Å²) in [7, 11) is 0. The van der Waals surface area contributed by atoms with E-state index in [0.717, 1.165) is 0 Å². The summed E-state index contributed by atoms with van der Waals surface area (Å²) in [6.07, 6.45) is 6.21. The average molecular weight is 286 g/mol. The van der Waals surface area contributed by atoms with Crippen molar-refractivity contribution in [1.29, 1.82) is 0 Å². The second kappa shape index (κ2) is 7.17. The minimum absolute atomic E-state index is 0.172. The zero-order chi connectivity index (χ0) is 14.5. The van der Waals surface area contributed by atoms with Crippen molar-refractivity contribution in [2.24, 2.45) is 0 Å². The van der Waals surface area contributed by atoms with E-state index in [2.05, 4.69) is 10.6 Å². The fourth-order valence-electron chi connectivity index (χ4n) is 2.14. The maximum absolute atomic E-state index is 11.9. The van der Waals surface area contributed by atoms with Gasteiger partial charge in [0.25, 0.3) is 0 Å². The van der Waals surface area contributed by atoms with Crippen LogP contribution in [0.2, 0.25) is 0 Å². The van der Waals surface area contributed by atoms with Gasteiger partial charge >= 0.3 is 6.03 Å². The zero-order valence-corrected chi connectivity index (χ0v) is 13.2. The predicted octanol–water partition coefficient (Wildman–Crippen LogP) is 3.07. The van der Waals surface area contributed by atoms with Gasteiger partial charge in [0, 0.05) is 10.8 Å². The Bertz CT molecular complexity index is 320. The molecule has 0 saturated heterocycles. The van der Waals surface area contributed by atoms with Gasteiger partial charge in [-0.2, -0.15) is 0 Å². The first kappa shape index (κ1) is 16.3. The van der Waals surface area contributed by atoms with Gasteiger partial charge in [-0.25, -0.2) is 4.79 Å². The van der Waals surface area contributed by atoms with Crippen molar-refractivity contribution in [3.63, 3.8) is 0 Å². The molecule has 1 fully saturated rings. The van der Waals surface area contributed by atoms with E-state index in [9.17, 15) is 9.59 Å². The third kappa shape index (κ3) is 6.85. The van der Waals surface area contributed by atoms with Gasteiger partial charge in [0.1, 0.15) is 0 Å². The number of carbonyl (C=O) groups is 2. The van der Waals surface area contributed by atoms with E-state index in [0.29, 0.717) is 5.25 Å². The molecule has 0 heterocycles. The molecule has 0 aromatic carbocycles. The highest BCUT2D eigenvalue weighted by molar-refractivity contribution is 8.01. The van der Waals surface area contributed by atoms with Crippen molar-refractivity contribution in [1.82, 2.24) is 10.6 Å². The number of rotatable bonds is 3. The van der Waals surface area contributed by atoms with Crippen molar-refractivity contribution >= 4 is 23.7 Å². The molecule has 3 amide bonds. The number of hydrogen-bond acceptors (Lipinski definition) is 3. The molecule has 1 saturated carbocycles. The molecule has 1 unspecified atom stereocenters. The molecule has 1 atom stereocenters. The summed E-state index contributed by atoms with van der Waals surface area (Å²) in [5, 5.41) is 5.54. The summed E-state index contributed by atoms with van der Waals surface area (Å²) in [4.78, 5) is 23.5. The first-order valence-corrected chi connectivity index (χ1v) is 8.00. The Kier molecular flexibility index (Phi) is 6.17. The van der Waals surface area contributed by atoms with E-state index < -0.39 is 6.03 Å². The van der Waals surface area contributed by atoms with Crippen LogP contribution in [0.4, 0.5) is 4.79 Å². The van der Waals surface area contributed by atoms with Crippen LogP contribution in [0.5, 0.6) is 0 Å². The van der Waals surface area contributed by atoms with Crippen molar-refractivity contribution in [2.45, 2.75) is 75.8 Å². The molecule has 0 aromatic heterocycles. The molecule has 0 aromatic rings. The van der Waals surface area contributed by atoms with Crippen LogP contribution in [-0.2, 0) is 4.79 Å². The van der Waals surface area contributed by atoms with Gasteiger partial charge in [0.15, 0.2) is 0 Å². The van der Waals surface area contributed by atoms with E-state index in [-0.39, 0.29) is 16.7 Å². The van der Waals surface area contributed by atoms with Crippen molar-refractivity contribution in [2.75, 3.05) is 0 Å². The highest BCUT2D eigenvalue weighted by Crippen LogP contribution is 2.30. The molecular formula is C14H26N2O2S. The maximum atomic E-state index is 11.9. The lowest BCUT2D eigenvalue weighted by Crippen LogP contribution is -2.49. The van der Waals surface area contributed by atoms with E-state index in [1.54, 1.807) is 11.8 Å². The molecule has 0 aliphatic heterocycles.